The summed E-state index contributed by atoms with van der Waals surface area (Å²) in [4.78, 5) is 18.7. The first-order valence-corrected chi connectivity index (χ1v) is 8.96. The number of aromatic nitrogens is 1. The van der Waals surface area contributed by atoms with Gasteiger partial charge < -0.3 is 14.6 Å². The van der Waals surface area contributed by atoms with Gasteiger partial charge in [-0.05, 0) is 43.2 Å². The molecule has 1 aliphatic rings. The number of halogens is 3. The number of carbonyl (C=O) groups is 1. The normalized spacial score (nSPS) is 17.2. The molecule has 0 bridgehead atoms. The summed E-state index contributed by atoms with van der Waals surface area (Å²) in [5.41, 5.74) is 0.238. The monoisotopic (exact) mass is 389 g/mol. The third-order valence-electron chi connectivity index (χ3n) is 4.93. The van der Waals surface area contributed by atoms with E-state index in [1.54, 1.807) is 24.5 Å². The lowest BCUT2D eigenvalue weighted by Crippen LogP contribution is -2.43. The van der Waals surface area contributed by atoms with E-state index in [1.807, 2.05) is 4.90 Å². The maximum absolute atomic E-state index is 13.0. The molecule has 8 heteroatoms. The fraction of sp³-hybridized carbons (Fsp3) is 0.300. The third kappa shape index (κ3) is 3.54. The highest BCUT2D eigenvalue weighted by atomic mass is 19.4. The summed E-state index contributed by atoms with van der Waals surface area (Å²) in [5, 5.41) is 3.46. The number of carbonyl (C=O) groups excluding carboxylic acids is 1. The molecule has 1 saturated heterocycles. The molecule has 1 aliphatic heterocycles. The highest BCUT2D eigenvalue weighted by molar-refractivity contribution is 5.95. The number of rotatable bonds is 4. The van der Waals surface area contributed by atoms with E-state index in [1.165, 1.54) is 12.3 Å². The molecule has 1 N–H and O–H groups in total. The summed E-state index contributed by atoms with van der Waals surface area (Å²) < 4.78 is 44.2. The number of furan rings is 1. The van der Waals surface area contributed by atoms with Gasteiger partial charge in [0.25, 0.3) is 0 Å². The van der Waals surface area contributed by atoms with E-state index in [0.717, 1.165) is 24.2 Å². The van der Waals surface area contributed by atoms with Crippen LogP contribution in [-0.4, -0.2) is 23.5 Å². The summed E-state index contributed by atoms with van der Waals surface area (Å²) in [7, 11) is 0. The van der Waals surface area contributed by atoms with Crippen molar-refractivity contribution in [2.75, 3.05) is 11.4 Å². The summed E-state index contributed by atoms with van der Waals surface area (Å²) in [6.07, 6.45) is 0.0984. The molecule has 1 aromatic carbocycles. The maximum Gasteiger partial charge on any atom is 0.416 e. The fourth-order valence-electron chi connectivity index (χ4n) is 3.59. The van der Waals surface area contributed by atoms with Crippen LogP contribution in [0.4, 0.5) is 18.9 Å². The highest BCUT2D eigenvalue weighted by Crippen LogP contribution is 2.35. The van der Waals surface area contributed by atoms with Crippen LogP contribution in [0.2, 0.25) is 0 Å². The first-order valence-electron chi connectivity index (χ1n) is 8.96. The number of anilines is 1. The Kier molecular flexibility index (Phi) is 4.70. The van der Waals surface area contributed by atoms with Gasteiger partial charge in [-0.2, -0.15) is 13.2 Å². The molecule has 3 heterocycles. The van der Waals surface area contributed by atoms with E-state index in [2.05, 4.69) is 10.3 Å². The molecule has 2 aromatic heterocycles. The molecule has 1 fully saturated rings. The zero-order valence-electron chi connectivity index (χ0n) is 14.9. The number of nitrogens with one attached hydrogen (secondary N) is 1. The second kappa shape index (κ2) is 7.18. The molecule has 1 unspecified atom stereocenters. The molecular formula is C20H18F3N3O2. The van der Waals surface area contributed by atoms with Gasteiger partial charge >= 0.3 is 6.18 Å². The lowest BCUT2D eigenvalue weighted by atomic mass is 10.1. The van der Waals surface area contributed by atoms with Gasteiger partial charge in [-0.1, -0.05) is 6.07 Å². The Morgan fingerprint density at radius 2 is 2.14 bits per heavy atom. The number of fused-ring (bicyclic) bond motifs is 1. The Hall–Kier alpha value is -3.03. The zero-order valence-corrected chi connectivity index (χ0v) is 14.9. The summed E-state index contributed by atoms with van der Waals surface area (Å²) in [6, 6.07) is 8.41. The molecule has 0 radical (unpaired) electrons. The smallest absolute Gasteiger partial charge is 0.416 e. The maximum atomic E-state index is 13.0. The SMILES string of the molecule is O=C(NCc1ccco1)C1CCCN1c1ccnc2cc(C(F)(F)F)ccc12. The van der Waals surface area contributed by atoms with E-state index in [-0.39, 0.29) is 17.5 Å². The Morgan fingerprint density at radius 1 is 1.29 bits per heavy atom. The zero-order chi connectivity index (χ0) is 19.7. The first kappa shape index (κ1) is 18.3. The third-order valence-corrected chi connectivity index (χ3v) is 4.93. The van der Waals surface area contributed by atoms with Crippen LogP contribution in [0, 0.1) is 0 Å². The van der Waals surface area contributed by atoms with E-state index >= 15 is 0 Å². The Labute approximate surface area is 159 Å². The van der Waals surface area contributed by atoms with Gasteiger partial charge in [0, 0.05) is 23.8 Å². The molecule has 5 nitrogen and oxygen atoms in total. The summed E-state index contributed by atoms with van der Waals surface area (Å²) >= 11 is 0. The lowest BCUT2D eigenvalue weighted by Gasteiger charge is -2.27. The van der Waals surface area contributed by atoms with Crippen LogP contribution in [0.1, 0.15) is 24.2 Å². The van der Waals surface area contributed by atoms with Gasteiger partial charge in [-0.3, -0.25) is 9.78 Å². The van der Waals surface area contributed by atoms with E-state index in [4.69, 9.17) is 4.42 Å². The number of nitrogens with zero attached hydrogens (tertiary/aromatic N) is 2. The molecule has 0 spiro atoms. The van der Waals surface area contributed by atoms with Crippen LogP contribution in [-0.2, 0) is 17.5 Å². The van der Waals surface area contributed by atoms with Crippen molar-refractivity contribution in [2.24, 2.45) is 0 Å². The van der Waals surface area contributed by atoms with Crippen LogP contribution >= 0.6 is 0 Å². The minimum Gasteiger partial charge on any atom is -0.467 e. The van der Waals surface area contributed by atoms with E-state index < -0.39 is 11.7 Å². The highest BCUT2D eigenvalue weighted by Gasteiger charge is 2.33. The first-order chi connectivity index (χ1) is 13.4. The molecule has 0 aliphatic carbocycles. The van der Waals surface area contributed by atoms with Crippen molar-refractivity contribution >= 4 is 22.5 Å². The van der Waals surface area contributed by atoms with Crippen molar-refractivity contribution in [2.45, 2.75) is 31.6 Å². The van der Waals surface area contributed by atoms with Gasteiger partial charge in [0.15, 0.2) is 0 Å². The van der Waals surface area contributed by atoms with E-state index in [0.29, 0.717) is 30.7 Å². The standard InChI is InChI=1S/C20H18F3N3O2/c21-20(22,23)13-5-6-15-16(11-13)24-8-7-17(15)26-9-1-4-18(26)19(27)25-12-14-3-2-10-28-14/h2-3,5-8,10-11,18H,1,4,9,12H2,(H,25,27). The van der Waals surface area contributed by atoms with E-state index in [9.17, 15) is 18.0 Å². The molecule has 4 rings (SSSR count). The summed E-state index contributed by atoms with van der Waals surface area (Å²) in [5.74, 6) is 0.526. The van der Waals surface area contributed by atoms with Gasteiger partial charge in [0.05, 0.1) is 23.9 Å². The minimum absolute atomic E-state index is 0.134. The second-order valence-corrected chi connectivity index (χ2v) is 6.71. The van der Waals surface area contributed by atoms with Crippen molar-refractivity contribution < 1.29 is 22.4 Å². The minimum atomic E-state index is -4.42. The average Bonchev–Trinajstić information content (AvgIpc) is 3.36. The molecule has 1 atom stereocenters. The van der Waals surface area contributed by atoms with Crippen LogP contribution in [0.15, 0.2) is 53.3 Å². The molecule has 146 valence electrons. The van der Waals surface area contributed by atoms with Gasteiger partial charge in [-0.25, -0.2) is 0 Å². The predicted molar refractivity (Wildman–Crippen MR) is 97.7 cm³/mol. The van der Waals surface area contributed by atoms with Crippen LogP contribution in [0.3, 0.4) is 0 Å². The average molecular weight is 389 g/mol. The predicted octanol–water partition coefficient (Wildman–Crippen LogP) is 4.13. The lowest BCUT2D eigenvalue weighted by molar-refractivity contribution is -0.137. The molecule has 1 amide bonds. The number of pyridine rings is 1. The number of amides is 1. The number of hydrogen-bond donors (Lipinski definition) is 1. The van der Waals surface area contributed by atoms with Crippen molar-refractivity contribution in [3.05, 3.63) is 60.2 Å². The number of benzene rings is 1. The van der Waals surface area contributed by atoms with Crippen molar-refractivity contribution in [3.8, 4) is 0 Å². The molecule has 28 heavy (non-hydrogen) atoms. The van der Waals surface area contributed by atoms with Crippen LogP contribution < -0.4 is 10.2 Å². The summed E-state index contributed by atoms with van der Waals surface area (Å²) in [6.45, 7) is 0.946. The second-order valence-electron chi connectivity index (χ2n) is 6.71. The van der Waals surface area contributed by atoms with Crippen molar-refractivity contribution in [1.82, 2.24) is 10.3 Å². The van der Waals surface area contributed by atoms with Gasteiger partial charge in [0.2, 0.25) is 5.91 Å². The Morgan fingerprint density at radius 3 is 2.89 bits per heavy atom. The molecular weight excluding hydrogens is 371 g/mol. The number of hydrogen-bond acceptors (Lipinski definition) is 4. The largest absolute Gasteiger partial charge is 0.467 e. The number of alkyl halides is 3. The van der Waals surface area contributed by atoms with Crippen molar-refractivity contribution in [3.63, 3.8) is 0 Å². The Bertz CT molecular complexity index is 986. The fourth-order valence-corrected chi connectivity index (χ4v) is 3.59. The topological polar surface area (TPSA) is 58.4 Å². The molecule has 3 aromatic rings. The quantitative estimate of drug-likeness (QED) is 0.729. The van der Waals surface area contributed by atoms with Crippen LogP contribution in [0.5, 0.6) is 0 Å². The Balaban J connectivity index is 1.60. The van der Waals surface area contributed by atoms with Crippen LogP contribution in [0.25, 0.3) is 10.9 Å². The van der Waals surface area contributed by atoms with Crippen molar-refractivity contribution in [1.29, 1.82) is 0 Å². The van der Waals surface area contributed by atoms with Gasteiger partial charge in [-0.15, -0.1) is 0 Å². The molecule has 0 saturated carbocycles. The van der Waals surface area contributed by atoms with Gasteiger partial charge in [0.1, 0.15) is 11.8 Å².